The van der Waals surface area contributed by atoms with Crippen LogP contribution in [-0.2, 0) is 9.47 Å². The van der Waals surface area contributed by atoms with Gasteiger partial charge in [-0.1, -0.05) is 18.2 Å². The molecule has 3 aromatic rings. The Balaban J connectivity index is 1.45. The average Bonchev–Trinajstić information content (AvgIpc) is 3.08. The van der Waals surface area contributed by atoms with Gasteiger partial charge in [0.25, 0.3) is 0 Å². The van der Waals surface area contributed by atoms with Gasteiger partial charge in [-0.05, 0) is 18.2 Å². The first-order valence-corrected chi connectivity index (χ1v) is 9.21. The quantitative estimate of drug-likeness (QED) is 0.717. The molecule has 1 aromatic carbocycles. The van der Waals surface area contributed by atoms with E-state index in [1.165, 1.54) is 0 Å². The summed E-state index contributed by atoms with van der Waals surface area (Å²) >= 11 is 0. The number of hydrogen-bond acceptors (Lipinski definition) is 6. The van der Waals surface area contributed by atoms with Crippen molar-refractivity contribution in [3.63, 3.8) is 0 Å². The molecule has 4 heterocycles. The van der Waals surface area contributed by atoms with Crippen LogP contribution < -0.4 is 5.32 Å². The minimum atomic E-state index is -0.292. The van der Waals surface area contributed by atoms with Gasteiger partial charge in [0, 0.05) is 42.7 Å². The van der Waals surface area contributed by atoms with Gasteiger partial charge in [-0.2, -0.15) is 5.10 Å². The van der Waals surface area contributed by atoms with E-state index in [4.69, 9.17) is 9.47 Å². The SMILES string of the molecule is O=C(OC1C[C@H]2COC[C@@H](C1)N2)c1cn(-c2cccnn2)c2ccccc12. The minimum absolute atomic E-state index is 0.0868. The Hall–Kier alpha value is -2.77. The molecule has 2 aliphatic heterocycles. The lowest BCUT2D eigenvalue weighted by molar-refractivity contribution is -0.0339. The highest BCUT2D eigenvalue weighted by molar-refractivity contribution is 6.04. The summed E-state index contributed by atoms with van der Waals surface area (Å²) in [4.78, 5) is 13.0. The van der Waals surface area contributed by atoms with Crippen LogP contribution in [0.2, 0.25) is 0 Å². The van der Waals surface area contributed by atoms with Gasteiger partial charge in [-0.3, -0.25) is 4.57 Å². The van der Waals surface area contributed by atoms with Gasteiger partial charge >= 0.3 is 5.97 Å². The minimum Gasteiger partial charge on any atom is -0.459 e. The van der Waals surface area contributed by atoms with Crippen molar-refractivity contribution in [1.82, 2.24) is 20.1 Å². The number of ether oxygens (including phenoxy) is 2. The molecule has 2 aliphatic rings. The van der Waals surface area contributed by atoms with Crippen molar-refractivity contribution in [3.05, 3.63) is 54.4 Å². The first-order valence-electron chi connectivity index (χ1n) is 9.21. The molecule has 5 rings (SSSR count). The van der Waals surface area contributed by atoms with E-state index in [0.29, 0.717) is 24.6 Å². The summed E-state index contributed by atoms with van der Waals surface area (Å²) in [5.41, 5.74) is 1.46. The number of rotatable bonds is 3. The Bertz CT molecular complexity index is 960. The lowest BCUT2D eigenvalue weighted by atomic mass is 9.94. The van der Waals surface area contributed by atoms with E-state index < -0.39 is 0 Å². The third kappa shape index (κ3) is 3.09. The van der Waals surface area contributed by atoms with E-state index in [1.54, 1.807) is 12.4 Å². The summed E-state index contributed by atoms with van der Waals surface area (Å²) in [6.45, 7) is 1.35. The smallest absolute Gasteiger partial charge is 0.340 e. The van der Waals surface area contributed by atoms with E-state index in [-0.39, 0.29) is 24.2 Å². The zero-order chi connectivity index (χ0) is 18.2. The van der Waals surface area contributed by atoms with Gasteiger partial charge in [-0.15, -0.1) is 5.10 Å². The highest BCUT2D eigenvalue weighted by atomic mass is 16.5. The topological polar surface area (TPSA) is 78.3 Å². The third-order valence-corrected chi connectivity index (χ3v) is 5.21. The number of para-hydroxylation sites is 1. The predicted octanol–water partition coefficient (Wildman–Crippen LogP) is 2.10. The van der Waals surface area contributed by atoms with Crippen LogP contribution in [0.4, 0.5) is 0 Å². The molecule has 3 atom stereocenters. The number of fused-ring (bicyclic) bond motifs is 3. The molecule has 27 heavy (non-hydrogen) atoms. The number of esters is 1. The van der Waals surface area contributed by atoms with Crippen molar-refractivity contribution in [2.45, 2.75) is 31.0 Å². The largest absolute Gasteiger partial charge is 0.459 e. The van der Waals surface area contributed by atoms with E-state index in [0.717, 1.165) is 23.7 Å². The molecule has 2 fully saturated rings. The van der Waals surface area contributed by atoms with E-state index in [9.17, 15) is 4.79 Å². The Kier molecular flexibility index (Phi) is 4.10. The van der Waals surface area contributed by atoms with Crippen molar-refractivity contribution in [2.24, 2.45) is 0 Å². The lowest BCUT2D eigenvalue weighted by Crippen LogP contribution is -2.56. The van der Waals surface area contributed by atoms with Crippen molar-refractivity contribution >= 4 is 16.9 Å². The van der Waals surface area contributed by atoms with Crippen LogP contribution in [0.15, 0.2) is 48.8 Å². The predicted molar refractivity (Wildman–Crippen MR) is 98.8 cm³/mol. The van der Waals surface area contributed by atoms with Crippen LogP contribution in [0, 0.1) is 0 Å². The molecular formula is C20H20N4O3. The highest BCUT2D eigenvalue weighted by Gasteiger charge is 2.34. The molecule has 0 radical (unpaired) electrons. The van der Waals surface area contributed by atoms with Crippen LogP contribution in [0.1, 0.15) is 23.2 Å². The fraction of sp³-hybridized carbons (Fsp3) is 0.350. The summed E-state index contributed by atoms with van der Waals surface area (Å²) in [5, 5.41) is 12.5. The average molecular weight is 364 g/mol. The van der Waals surface area contributed by atoms with Gasteiger partial charge in [0.05, 0.1) is 24.3 Å². The molecule has 0 saturated carbocycles. The maximum atomic E-state index is 13.0. The number of hydrogen-bond donors (Lipinski definition) is 1. The van der Waals surface area contributed by atoms with Crippen LogP contribution in [0.3, 0.4) is 0 Å². The molecule has 2 aromatic heterocycles. The zero-order valence-corrected chi connectivity index (χ0v) is 14.7. The molecule has 7 nitrogen and oxygen atoms in total. The molecular weight excluding hydrogens is 344 g/mol. The first-order chi connectivity index (χ1) is 13.3. The van der Waals surface area contributed by atoms with Crippen LogP contribution >= 0.6 is 0 Å². The summed E-state index contributed by atoms with van der Waals surface area (Å²) in [6, 6.07) is 12.0. The molecule has 0 aliphatic carbocycles. The molecule has 2 bridgehead atoms. The van der Waals surface area contributed by atoms with E-state index >= 15 is 0 Å². The number of carbonyl (C=O) groups excluding carboxylic acids is 1. The van der Waals surface area contributed by atoms with Gasteiger partial charge in [-0.25, -0.2) is 4.79 Å². The summed E-state index contributed by atoms with van der Waals surface area (Å²) < 4.78 is 13.3. The number of morpholine rings is 1. The highest BCUT2D eigenvalue weighted by Crippen LogP contribution is 2.27. The monoisotopic (exact) mass is 364 g/mol. The second-order valence-electron chi connectivity index (χ2n) is 7.11. The van der Waals surface area contributed by atoms with Gasteiger partial charge < -0.3 is 14.8 Å². The second kappa shape index (κ2) is 6.75. The maximum Gasteiger partial charge on any atom is 0.340 e. The Morgan fingerprint density at radius 2 is 1.96 bits per heavy atom. The van der Waals surface area contributed by atoms with Crippen molar-refractivity contribution in [1.29, 1.82) is 0 Å². The number of aromatic nitrogens is 3. The first kappa shape index (κ1) is 16.4. The molecule has 1 N–H and O–H groups in total. The van der Waals surface area contributed by atoms with E-state index in [1.807, 2.05) is 41.0 Å². The Labute approximate surface area is 156 Å². The summed E-state index contributed by atoms with van der Waals surface area (Å²) in [7, 11) is 0. The Morgan fingerprint density at radius 3 is 2.74 bits per heavy atom. The van der Waals surface area contributed by atoms with Gasteiger partial charge in [0.2, 0.25) is 0 Å². The van der Waals surface area contributed by atoms with Crippen LogP contribution in [0.25, 0.3) is 16.7 Å². The number of nitrogens with zero attached hydrogens (tertiary/aromatic N) is 3. The van der Waals surface area contributed by atoms with Crippen molar-refractivity contribution < 1.29 is 14.3 Å². The molecule has 0 amide bonds. The van der Waals surface area contributed by atoms with Crippen molar-refractivity contribution in [2.75, 3.05) is 13.2 Å². The standard InChI is InChI=1S/C20H20N4O3/c25-20(27-15-8-13-11-26-12-14(9-15)22-13)17-10-24(19-6-3-7-21-23-19)18-5-2-1-4-16(17)18/h1-7,10,13-15,22H,8-9,11-12H2/t13-,14+,15?. The number of benzene rings is 1. The third-order valence-electron chi connectivity index (χ3n) is 5.21. The van der Waals surface area contributed by atoms with Gasteiger partial charge in [0.1, 0.15) is 6.10 Å². The van der Waals surface area contributed by atoms with Crippen LogP contribution in [0.5, 0.6) is 0 Å². The summed E-state index contributed by atoms with van der Waals surface area (Å²) in [6.07, 6.45) is 4.90. The fourth-order valence-corrected chi connectivity index (χ4v) is 4.05. The fourth-order valence-electron chi connectivity index (χ4n) is 4.05. The zero-order valence-electron chi connectivity index (χ0n) is 14.7. The molecule has 1 unspecified atom stereocenters. The second-order valence-corrected chi connectivity index (χ2v) is 7.11. The molecule has 2 saturated heterocycles. The Morgan fingerprint density at radius 1 is 1.15 bits per heavy atom. The normalized spacial score (nSPS) is 24.7. The maximum absolute atomic E-state index is 13.0. The number of nitrogens with one attached hydrogen (secondary N) is 1. The number of piperidine rings is 1. The number of carbonyl (C=O) groups is 1. The molecule has 7 heteroatoms. The van der Waals surface area contributed by atoms with Gasteiger partial charge in [0.15, 0.2) is 5.82 Å². The van der Waals surface area contributed by atoms with Crippen molar-refractivity contribution in [3.8, 4) is 5.82 Å². The van der Waals surface area contributed by atoms with Crippen LogP contribution in [-0.4, -0.2) is 52.1 Å². The lowest BCUT2D eigenvalue weighted by Gasteiger charge is -2.39. The molecule has 0 spiro atoms. The molecule has 138 valence electrons. The van der Waals surface area contributed by atoms with E-state index in [2.05, 4.69) is 15.5 Å². The summed E-state index contributed by atoms with van der Waals surface area (Å²) in [5.74, 6) is 0.376.